The Balaban J connectivity index is 1.50. The quantitative estimate of drug-likeness (QED) is 0.699. The van der Waals surface area contributed by atoms with Crippen LogP contribution in [0.2, 0.25) is 0 Å². The van der Waals surface area contributed by atoms with Gasteiger partial charge in [0.25, 0.3) is 11.7 Å². The summed E-state index contributed by atoms with van der Waals surface area (Å²) in [5.41, 5.74) is 3.38. The van der Waals surface area contributed by atoms with Crippen molar-refractivity contribution < 1.29 is 9.53 Å². The highest BCUT2D eigenvalue weighted by atomic mass is 16.5. The molecule has 0 radical (unpaired) electrons. The van der Waals surface area contributed by atoms with Gasteiger partial charge in [-0.1, -0.05) is 26.8 Å². The van der Waals surface area contributed by atoms with Gasteiger partial charge in [0.1, 0.15) is 5.75 Å². The highest BCUT2D eigenvalue weighted by molar-refractivity contribution is 5.91. The number of aryl methyl sites for hydroxylation is 1. The Morgan fingerprint density at radius 1 is 1.21 bits per heavy atom. The summed E-state index contributed by atoms with van der Waals surface area (Å²) >= 11 is 0. The summed E-state index contributed by atoms with van der Waals surface area (Å²) in [6.07, 6.45) is 2.46. The van der Waals surface area contributed by atoms with Crippen LogP contribution in [0.25, 0.3) is 5.78 Å². The standard InChI is InChI=1S/C21H25N5O2/c1-14-7-9-22-20-23-18(24-26(14)20)19(27)25-10-8-15-11-17(6-5-16(15)12-25)28-13-21(2,3)4/h5-7,9,11H,8,10,12-13H2,1-4H3. The average Bonchev–Trinajstić information content (AvgIpc) is 3.10. The van der Waals surface area contributed by atoms with Crippen LogP contribution in [-0.4, -0.2) is 43.5 Å². The van der Waals surface area contributed by atoms with Crippen molar-refractivity contribution in [1.29, 1.82) is 0 Å². The van der Waals surface area contributed by atoms with Crippen LogP contribution in [0.5, 0.6) is 5.75 Å². The van der Waals surface area contributed by atoms with Gasteiger partial charge in [-0.05, 0) is 48.1 Å². The molecule has 1 aliphatic heterocycles. The van der Waals surface area contributed by atoms with Gasteiger partial charge in [0, 0.05) is 25.0 Å². The Bertz CT molecular complexity index is 1030. The van der Waals surface area contributed by atoms with E-state index >= 15 is 0 Å². The molecule has 7 nitrogen and oxygen atoms in total. The van der Waals surface area contributed by atoms with Gasteiger partial charge in [-0.2, -0.15) is 4.98 Å². The number of rotatable bonds is 3. The van der Waals surface area contributed by atoms with Crippen molar-refractivity contribution in [2.75, 3.05) is 13.2 Å². The second-order valence-corrected chi connectivity index (χ2v) is 8.49. The Morgan fingerprint density at radius 3 is 2.79 bits per heavy atom. The molecule has 0 atom stereocenters. The lowest BCUT2D eigenvalue weighted by Gasteiger charge is -2.28. The van der Waals surface area contributed by atoms with E-state index in [1.165, 1.54) is 5.56 Å². The van der Waals surface area contributed by atoms with Crippen LogP contribution < -0.4 is 4.74 Å². The third-order valence-electron chi connectivity index (χ3n) is 4.77. The number of hydrogen-bond acceptors (Lipinski definition) is 5. The van der Waals surface area contributed by atoms with Gasteiger partial charge >= 0.3 is 0 Å². The normalized spacial score (nSPS) is 14.2. The van der Waals surface area contributed by atoms with Crippen molar-refractivity contribution in [2.45, 2.75) is 40.7 Å². The zero-order valence-electron chi connectivity index (χ0n) is 16.8. The number of aromatic nitrogens is 4. The predicted octanol–water partition coefficient (Wildman–Crippen LogP) is 3.06. The third-order valence-corrected chi connectivity index (χ3v) is 4.77. The second-order valence-electron chi connectivity index (χ2n) is 8.49. The minimum Gasteiger partial charge on any atom is -0.493 e. The molecule has 0 N–H and O–H groups in total. The first-order valence-electron chi connectivity index (χ1n) is 9.52. The number of ether oxygens (including phenoxy) is 1. The molecule has 1 amide bonds. The molecule has 0 aliphatic carbocycles. The van der Waals surface area contributed by atoms with E-state index in [-0.39, 0.29) is 17.1 Å². The Labute approximate surface area is 164 Å². The number of hydrogen-bond donors (Lipinski definition) is 0. The number of carbonyl (C=O) groups is 1. The molecule has 146 valence electrons. The number of carbonyl (C=O) groups excluding carboxylic acids is 1. The molecule has 0 bridgehead atoms. The molecule has 1 aliphatic rings. The predicted molar refractivity (Wildman–Crippen MR) is 105 cm³/mol. The fourth-order valence-corrected chi connectivity index (χ4v) is 3.23. The molecular formula is C21H25N5O2. The van der Waals surface area contributed by atoms with Gasteiger partial charge < -0.3 is 9.64 Å². The molecule has 3 heterocycles. The Hall–Kier alpha value is -2.96. The van der Waals surface area contributed by atoms with Crippen LogP contribution in [0.4, 0.5) is 0 Å². The smallest absolute Gasteiger partial charge is 0.293 e. The van der Waals surface area contributed by atoms with Crippen LogP contribution in [0.1, 0.15) is 48.2 Å². The minimum absolute atomic E-state index is 0.118. The molecule has 0 fully saturated rings. The first-order valence-corrected chi connectivity index (χ1v) is 9.52. The first-order chi connectivity index (χ1) is 13.3. The van der Waals surface area contributed by atoms with E-state index in [0.29, 0.717) is 25.5 Å². The van der Waals surface area contributed by atoms with E-state index in [4.69, 9.17) is 4.74 Å². The van der Waals surface area contributed by atoms with Gasteiger partial charge in [0.05, 0.1) is 6.61 Å². The fourth-order valence-electron chi connectivity index (χ4n) is 3.23. The van der Waals surface area contributed by atoms with E-state index in [0.717, 1.165) is 23.4 Å². The summed E-state index contributed by atoms with van der Waals surface area (Å²) < 4.78 is 7.52. The molecule has 28 heavy (non-hydrogen) atoms. The van der Waals surface area contributed by atoms with Crippen molar-refractivity contribution in [2.24, 2.45) is 5.41 Å². The van der Waals surface area contributed by atoms with Gasteiger partial charge in [0.2, 0.25) is 5.82 Å². The molecule has 0 saturated heterocycles. The Kier molecular flexibility index (Phi) is 4.53. The van der Waals surface area contributed by atoms with E-state index in [9.17, 15) is 4.79 Å². The highest BCUT2D eigenvalue weighted by Gasteiger charge is 2.25. The van der Waals surface area contributed by atoms with Crippen LogP contribution in [0.3, 0.4) is 0 Å². The first kappa shape index (κ1) is 18.4. The highest BCUT2D eigenvalue weighted by Crippen LogP contribution is 2.26. The molecule has 1 aromatic carbocycles. The summed E-state index contributed by atoms with van der Waals surface area (Å²) in [6.45, 7) is 10.2. The maximum Gasteiger partial charge on any atom is 0.293 e. The summed E-state index contributed by atoms with van der Waals surface area (Å²) in [5, 5.41) is 4.34. The van der Waals surface area contributed by atoms with Crippen molar-refractivity contribution in [3.8, 4) is 5.75 Å². The van der Waals surface area contributed by atoms with Crippen molar-refractivity contribution >= 4 is 11.7 Å². The lowest BCUT2D eigenvalue weighted by atomic mass is 9.98. The van der Waals surface area contributed by atoms with E-state index in [2.05, 4.69) is 48.0 Å². The van der Waals surface area contributed by atoms with Gasteiger partial charge in [-0.3, -0.25) is 4.79 Å². The summed E-state index contributed by atoms with van der Waals surface area (Å²) in [6, 6.07) is 7.97. The molecule has 3 aromatic rings. The molecular weight excluding hydrogens is 354 g/mol. The monoisotopic (exact) mass is 379 g/mol. The second kappa shape index (κ2) is 6.89. The topological polar surface area (TPSA) is 72.6 Å². The van der Waals surface area contributed by atoms with Gasteiger partial charge in [-0.15, -0.1) is 5.10 Å². The average molecular weight is 379 g/mol. The van der Waals surface area contributed by atoms with Crippen LogP contribution in [0.15, 0.2) is 30.5 Å². The van der Waals surface area contributed by atoms with Crippen LogP contribution in [0, 0.1) is 12.3 Å². The van der Waals surface area contributed by atoms with Crippen LogP contribution >= 0.6 is 0 Å². The SMILES string of the molecule is Cc1ccnc2nc(C(=O)N3CCc4cc(OCC(C)(C)C)ccc4C3)nn12. The fraction of sp³-hybridized carbons (Fsp3) is 0.429. The van der Waals surface area contributed by atoms with E-state index in [1.807, 2.05) is 19.1 Å². The molecule has 0 unspecified atom stereocenters. The largest absolute Gasteiger partial charge is 0.493 e. The van der Waals surface area contributed by atoms with Gasteiger partial charge in [0.15, 0.2) is 0 Å². The van der Waals surface area contributed by atoms with Crippen molar-refractivity contribution in [3.63, 3.8) is 0 Å². The molecule has 0 saturated carbocycles. The molecule has 4 rings (SSSR count). The molecule has 0 spiro atoms. The lowest BCUT2D eigenvalue weighted by molar-refractivity contribution is 0.0722. The molecule has 2 aromatic heterocycles. The summed E-state index contributed by atoms with van der Waals surface area (Å²) in [4.78, 5) is 23.2. The number of fused-ring (bicyclic) bond motifs is 2. The molecule has 7 heteroatoms. The van der Waals surface area contributed by atoms with E-state index < -0.39 is 0 Å². The summed E-state index contributed by atoms with van der Waals surface area (Å²) in [5.74, 6) is 1.36. The number of amides is 1. The summed E-state index contributed by atoms with van der Waals surface area (Å²) in [7, 11) is 0. The van der Waals surface area contributed by atoms with Crippen LogP contribution in [-0.2, 0) is 13.0 Å². The number of benzene rings is 1. The minimum atomic E-state index is -0.163. The third kappa shape index (κ3) is 3.69. The zero-order valence-corrected chi connectivity index (χ0v) is 16.8. The number of nitrogens with zero attached hydrogens (tertiary/aromatic N) is 5. The Morgan fingerprint density at radius 2 is 2.04 bits per heavy atom. The zero-order chi connectivity index (χ0) is 19.9. The maximum absolute atomic E-state index is 12.9. The lowest BCUT2D eigenvalue weighted by Crippen LogP contribution is -2.36. The van der Waals surface area contributed by atoms with Crippen molar-refractivity contribution in [3.05, 3.63) is 53.1 Å². The van der Waals surface area contributed by atoms with Crippen molar-refractivity contribution in [1.82, 2.24) is 24.5 Å². The maximum atomic E-state index is 12.9. The van der Waals surface area contributed by atoms with E-state index in [1.54, 1.807) is 15.6 Å². The van der Waals surface area contributed by atoms with Gasteiger partial charge in [-0.25, -0.2) is 9.50 Å².